The number of hydrogen-bond donors (Lipinski definition) is 0. The first-order valence-electron chi connectivity index (χ1n) is 3.39. The summed E-state index contributed by atoms with van der Waals surface area (Å²) in [7, 11) is -0.517. The molecule has 0 spiro atoms. The van der Waals surface area contributed by atoms with Crippen LogP contribution in [0, 0.1) is 6.92 Å². The molecule has 1 rings (SSSR count). The molecule has 2 nitrogen and oxygen atoms in total. The molecular weight excluding hydrogens is 159 g/mol. The van der Waals surface area contributed by atoms with Gasteiger partial charge in [-0.25, -0.2) is 0 Å². The third kappa shape index (κ3) is 2.18. The molecule has 0 fully saturated rings. The Bertz CT molecular complexity index is 271. The van der Waals surface area contributed by atoms with Gasteiger partial charge in [-0.2, -0.15) is 0 Å². The lowest BCUT2D eigenvalue weighted by Crippen LogP contribution is -1.96. The summed E-state index contributed by atoms with van der Waals surface area (Å²) in [5.74, 6) is 0. The van der Waals surface area contributed by atoms with Crippen molar-refractivity contribution in [3.05, 3.63) is 29.8 Å². The molecule has 1 aromatic rings. The van der Waals surface area contributed by atoms with Crippen LogP contribution < -0.4 is 5.30 Å². The van der Waals surface area contributed by atoms with Gasteiger partial charge in [0.05, 0.1) is 0 Å². The average molecular weight is 170 g/mol. The SMILES string of the molecule is CO[PH](=O)c1cccc(C)c1. The van der Waals surface area contributed by atoms with Crippen LogP contribution in [0.4, 0.5) is 0 Å². The summed E-state index contributed by atoms with van der Waals surface area (Å²) in [5.41, 5.74) is 1.11. The minimum atomic E-state index is -1.98. The van der Waals surface area contributed by atoms with Crippen molar-refractivity contribution in [2.24, 2.45) is 0 Å². The van der Waals surface area contributed by atoms with Crippen LogP contribution in [0.2, 0.25) is 0 Å². The third-order valence-electron chi connectivity index (χ3n) is 1.44. The van der Waals surface area contributed by atoms with E-state index >= 15 is 0 Å². The monoisotopic (exact) mass is 170 g/mol. The fourth-order valence-electron chi connectivity index (χ4n) is 0.890. The Morgan fingerprint density at radius 1 is 1.45 bits per heavy atom. The molecule has 1 aromatic carbocycles. The van der Waals surface area contributed by atoms with Gasteiger partial charge in [0.2, 0.25) is 8.03 Å². The number of rotatable bonds is 2. The highest BCUT2D eigenvalue weighted by Crippen LogP contribution is 2.19. The lowest BCUT2D eigenvalue weighted by atomic mass is 10.2. The van der Waals surface area contributed by atoms with E-state index in [-0.39, 0.29) is 0 Å². The summed E-state index contributed by atoms with van der Waals surface area (Å²) in [4.78, 5) is 0. The molecule has 0 heterocycles. The van der Waals surface area contributed by atoms with Gasteiger partial charge in [-0.3, -0.25) is 4.57 Å². The summed E-state index contributed by atoms with van der Waals surface area (Å²) in [6.45, 7) is 1.97. The van der Waals surface area contributed by atoms with E-state index in [1.54, 1.807) is 0 Å². The second-order valence-electron chi connectivity index (χ2n) is 2.36. The fraction of sp³-hybridized carbons (Fsp3) is 0.250. The topological polar surface area (TPSA) is 26.3 Å². The standard InChI is InChI=1S/C8H11O2P/c1-7-4-3-5-8(6-7)11(9)10-2/h3-6,11H,1-2H3. The lowest BCUT2D eigenvalue weighted by Gasteiger charge is -1.99. The van der Waals surface area contributed by atoms with Gasteiger partial charge in [-0.05, 0) is 19.1 Å². The van der Waals surface area contributed by atoms with Crippen LogP contribution in [0.3, 0.4) is 0 Å². The first kappa shape index (κ1) is 8.51. The van der Waals surface area contributed by atoms with Gasteiger partial charge in [0.1, 0.15) is 0 Å². The van der Waals surface area contributed by atoms with E-state index in [2.05, 4.69) is 0 Å². The number of benzene rings is 1. The molecule has 0 aliphatic carbocycles. The second-order valence-corrected chi connectivity index (χ2v) is 3.92. The van der Waals surface area contributed by atoms with Crippen molar-refractivity contribution in [3.8, 4) is 0 Å². The molecule has 0 saturated carbocycles. The predicted octanol–water partition coefficient (Wildman–Crippen LogP) is 1.74. The van der Waals surface area contributed by atoms with E-state index in [1.165, 1.54) is 7.11 Å². The van der Waals surface area contributed by atoms with Gasteiger partial charge in [0.15, 0.2) is 0 Å². The molecule has 0 N–H and O–H groups in total. The minimum absolute atomic E-state index is 0.789. The summed E-state index contributed by atoms with van der Waals surface area (Å²) in [6.07, 6.45) is 0. The molecular formula is C8H11O2P. The van der Waals surface area contributed by atoms with Crippen LogP contribution in [-0.4, -0.2) is 7.11 Å². The molecule has 0 radical (unpaired) electrons. The highest BCUT2D eigenvalue weighted by molar-refractivity contribution is 7.48. The van der Waals surface area contributed by atoms with Crippen LogP contribution in [0.1, 0.15) is 5.56 Å². The maximum absolute atomic E-state index is 11.1. The Balaban J connectivity index is 2.96. The third-order valence-corrected chi connectivity index (χ3v) is 2.59. The van der Waals surface area contributed by atoms with Crippen molar-refractivity contribution in [1.82, 2.24) is 0 Å². The van der Waals surface area contributed by atoms with Crippen LogP contribution in [-0.2, 0) is 9.09 Å². The van der Waals surface area contributed by atoms with Crippen LogP contribution in [0.15, 0.2) is 24.3 Å². The number of aryl methyl sites for hydroxylation is 1. The molecule has 0 saturated heterocycles. The molecule has 1 atom stereocenters. The Kier molecular flexibility index (Phi) is 2.86. The Labute approximate surface area is 67.1 Å². The molecule has 0 aliphatic rings. The Hall–Kier alpha value is -0.590. The van der Waals surface area contributed by atoms with Gasteiger partial charge < -0.3 is 4.52 Å². The summed E-state index contributed by atoms with van der Waals surface area (Å²) >= 11 is 0. The van der Waals surface area contributed by atoms with Gasteiger partial charge in [0.25, 0.3) is 0 Å². The van der Waals surface area contributed by atoms with Crippen molar-refractivity contribution < 1.29 is 9.09 Å². The normalized spacial score (nSPS) is 12.9. The van der Waals surface area contributed by atoms with Crippen molar-refractivity contribution in [1.29, 1.82) is 0 Å². The van der Waals surface area contributed by atoms with Gasteiger partial charge in [-0.15, -0.1) is 0 Å². The largest absolute Gasteiger partial charge is 0.331 e. The van der Waals surface area contributed by atoms with Gasteiger partial charge in [0, 0.05) is 12.4 Å². The Morgan fingerprint density at radius 3 is 2.73 bits per heavy atom. The molecule has 60 valence electrons. The van der Waals surface area contributed by atoms with Crippen molar-refractivity contribution in [3.63, 3.8) is 0 Å². The predicted molar refractivity (Wildman–Crippen MR) is 46.8 cm³/mol. The summed E-state index contributed by atoms with van der Waals surface area (Å²) < 4.78 is 15.9. The maximum atomic E-state index is 11.1. The zero-order valence-electron chi connectivity index (χ0n) is 6.63. The number of hydrogen-bond acceptors (Lipinski definition) is 2. The zero-order chi connectivity index (χ0) is 8.27. The fourth-order valence-corrected chi connectivity index (χ4v) is 1.70. The highest BCUT2D eigenvalue weighted by atomic mass is 31.1. The van der Waals surface area contributed by atoms with Gasteiger partial charge >= 0.3 is 0 Å². The summed E-state index contributed by atoms with van der Waals surface area (Å²) in [5, 5.41) is 0.789. The molecule has 0 amide bonds. The van der Waals surface area contributed by atoms with E-state index in [0.717, 1.165) is 10.9 Å². The minimum Gasteiger partial charge on any atom is -0.331 e. The van der Waals surface area contributed by atoms with E-state index in [4.69, 9.17) is 4.52 Å². The van der Waals surface area contributed by atoms with E-state index in [1.807, 2.05) is 31.2 Å². The van der Waals surface area contributed by atoms with Crippen molar-refractivity contribution in [2.45, 2.75) is 6.92 Å². The molecule has 1 unspecified atom stereocenters. The second kappa shape index (κ2) is 3.70. The molecule has 0 aromatic heterocycles. The van der Waals surface area contributed by atoms with Gasteiger partial charge in [-0.1, -0.05) is 17.7 Å². The zero-order valence-corrected chi connectivity index (χ0v) is 7.63. The van der Waals surface area contributed by atoms with E-state index < -0.39 is 8.03 Å². The molecule has 3 heteroatoms. The molecule has 11 heavy (non-hydrogen) atoms. The van der Waals surface area contributed by atoms with Crippen LogP contribution in [0.25, 0.3) is 0 Å². The first-order valence-corrected chi connectivity index (χ1v) is 4.70. The lowest BCUT2D eigenvalue weighted by molar-refractivity contribution is 0.423. The van der Waals surface area contributed by atoms with E-state index in [0.29, 0.717) is 0 Å². The van der Waals surface area contributed by atoms with Crippen molar-refractivity contribution in [2.75, 3.05) is 7.11 Å². The van der Waals surface area contributed by atoms with Crippen molar-refractivity contribution >= 4 is 13.3 Å². The first-order chi connectivity index (χ1) is 5.24. The average Bonchev–Trinajstić information content (AvgIpc) is 2.03. The Morgan fingerprint density at radius 2 is 2.18 bits per heavy atom. The van der Waals surface area contributed by atoms with E-state index in [9.17, 15) is 4.57 Å². The van der Waals surface area contributed by atoms with Crippen LogP contribution in [0.5, 0.6) is 0 Å². The molecule has 0 bridgehead atoms. The highest BCUT2D eigenvalue weighted by Gasteiger charge is 1.99. The molecule has 0 aliphatic heterocycles. The maximum Gasteiger partial charge on any atom is 0.220 e. The quantitative estimate of drug-likeness (QED) is 0.632. The smallest absolute Gasteiger partial charge is 0.220 e. The summed E-state index contributed by atoms with van der Waals surface area (Å²) in [6, 6.07) is 7.54. The van der Waals surface area contributed by atoms with Crippen LogP contribution >= 0.6 is 8.03 Å².